The highest BCUT2D eigenvalue weighted by atomic mass is 127. The van der Waals surface area contributed by atoms with Crippen molar-refractivity contribution in [2.45, 2.75) is 71.4 Å². The summed E-state index contributed by atoms with van der Waals surface area (Å²) in [6.45, 7) is 7.81. The van der Waals surface area contributed by atoms with Crippen LogP contribution in [-0.4, -0.2) is 36.2 Å². The molecule has 0 aliphatic carbocycles. The third-order valence-electron chi connectivity index (χ3n) is 5.83. The Labute approximate surface area is 203 Å². The molecule has 1 aliphatic heterocycles. The number of hydrogen-bond donors (Lipinski definition) is 2. The fourth-order valence-corrected chi connectivity index (χ4v) is 3.90. The van der Waals surface area contributed by atoms with Gasteiger partial charge < -0.3 is 20.1 Å². The van der Waals surface area contributed by atoms with Crippen LogP contribution in [0, 0.1) is 0 Å². The fraction of sp³-hybridized carbons (Fsp3) is 0.609. The van der Waals surface area contributed by atoms with Gasteiger partial charge in [-0.05, 0) is 37.3 Å². The van der Waals surface area contributed by atoms with Crippen LogP contribution >= 0.6 is 24.0 Å². The van der Waals surface area contributed by atoms with Crippen molar-refractivity contribution in [3.63, 3.8) is 0 Å². The molecule has 2 N–H and O–H groups in total. The van der Waals surface area contributed by atoms with Gasteiger partial charge in [-0.15, -0.1) is 24.0 Å². The first kappa shape index (κ1) is 25.4. The van der Waals surface area contributed by atoms with E-state index in [-0.39, 0.29) is 24.0 Å². The highest BCUT2D eigenvalue weighted by Crippen LogP contribution is 2.22. The van der Waals surface area contributed by atoms with E-state index in [9.17, 15) is 0 Å². The lowest BCUT2D eigenvalue weighted by molar-refractivity contribution is 0.368. The predicted octanol–water partition coefficient (Wildman–Crippen LogP) is 4.84. The molecule has 0 aromatic carbocycles. The van der Waals surface area contributed by atoms with Crippen molar-refractivity contribution >= 4 is 35.8 Å². The van der Waals surface area contributed by atoms with Crippen LogP contribution in [-0.2, 0) is 13.1 Å². The Bertz CT molecular complexity index is 780. The summed E-state index contributed by atoms with van der Waals surface area (Å²) in [4.78, 5) is 11.4. The van der Waals surface area contributed by atoms with E-state index in [2.05, 4.69) is 56.6 Å². The number of guanidine groups is 1. The zero-order chi connectivity index (χ0) is 21.2. The summed E-state index contributed by atoms with van der Waals surface area (Å²) in [6.07, 6.45) is 9.29. The van der Waals surface area contributed by atoms with Crippen LogP contribution in [0.25, 0.3) is 0 Å². The number of rotatable bonds is 8. The van der Waals surface area contributed by atoms with Gasteiger partial charge in [0.1, 0.15) is 5.82 Å². The number of halogens is 1. The molecule has 1 saturated heterocycles. The van der Waals surface area contributed by atoms with Gasteiger partial charge in [0.15, 0.2) is 11.7 Å². The topological polar surface area (TPSA) is 78.6 Å². The Morgan fingerprint density at radius 3 is 2.42 bits per heavy atom. The Balaban J connectivity index is 0.00000341. The Morgan fingerprint density at radius 1 is 1.10 bits per heavy atom. The van der Waals surface area contributed by atoms with Gasteiger partial charge in [-0.1, -0.05) is 37.9 Å². The SMILES string of the molecule is CCC(CC)c1cc(CNC(=NC)NCc2ccc(N3CCCCCC3)nc2)on1.I. The van der Waals surface area contributed by atoms with E-state index in [1.807, 2.05) is 12.3 Å². The molecule has 7 nitrogen and oxygen atoms in total. The molecule has 0 bridgehead atoms. The van der Waals surface area contributed by atoms with Gasteiger partial charge in [-0.3, -0.25) is 4.99 Å². The molecule has 0 atom stereocenters. The summed E-state index contributed by atoms with van der Waals surface area (Å²) in [5, 5.41) is 10.9. The zero-order valence-electron chi connectivity index (χ0n) is 19.1. The molecule has 0 spiro atoms. The summed E-state index contributed by atoms with van der Waals surface area (Å²) >= 11 is 0. The first-order valence-electron chi connectivity index (χ1n) is 11.3. The number of aliphatic imine (C=N–C) groups is 1. The average molecular weight is 540 g/mol. The van der Waals surface area contributed by atoms with E-state index in [1.165, 1.54) is 25.7 Å². The molecule has 0 unspecified atom stereocenters. The minimum absolute atomic E-state index is 0. The summed E-state index contributed by atoms with van der Waals surface area (Å²) in [5.41, 5.74) is 2.17. The van der Waals surface area contributed by atoms with Crippen LogP contribution in [0.4, 0.5) is 5.82 Å². The van der Waals surface area contributed by atoms with Gasteiger partial charge in [0.2, 0.25) is 0 Å². The maximum atomic E-state index is 5.48. The Kier molecular flexibility index (Phi) is 11.1. The van der Waals surface area contributed by atoms with Crippen LogP contribution in [0.15, 0.2) is 33.9 Å². The van der Waals surface area contributed by atoms with E-state index in [4.69, 9.17) is 4.52 Å². The molecule has 0 saturated carbocycles. The van der Waals surface area contributed by atoms with E-state index >= 15 is 0 Å². The normalized spacial score (nSPS) is 14.8. The molecule has 3 rings (SSSR count). The van der Waals surface area contributed by atoms with Crippen LogP contribution < -0.4 is 15.5 Å². The molecule has 8 heteroatoms. The van der Waals surface area contributed by atoms with Crippen molar-refractivity contribution in [1.29, 1.82) is 0 Å². The first-order chi connectivity index (χ1) is 14.7. The second kappa shape index (κ2) is 13.5. The van der Waals surface area contributed by atoms with Crippen molar-refractivity contribution in [2.24, 2.45) is 4.99 Å². The standard InChI is InChI=1S/C23H36N6O.HI/c1-4-19(5-2)21-14-20(30-28-21)17-27-23(24-3)26-16-18-10-11-22(25-15-18)29-12-8-6-7-9-13-29;/h10-11,14-15,19H,4-9,12-13,16-17H2,1-3H3,(H2,24,26,27);1H. The van der Waals surface area contributed by atoms with E-state index in [0.29, 0.717) is 19.0 Å². The number of aromatic nitrogens is 2. The maximum Gasteiger partial charge on any atom is 0.191 e. The quantitative estimate of drug-likeness (QED) is 0.284. The van der Waals surface area contributed by atoms with Crippen LogP contribution in [0.5, 0.6) is 0 Å². The van der Waals surface area contributed by atoms with Gasteiger partial charge in [0.05, 0.1) is 12.2 Å². The third-order valence-corrected chi connectivity index (χ3v) is 5.83. The largest absolute Gasteiger partial charge is 0.359 e. The van der Waals surface area contributed by atoms with E-state index in [0.717, 1.165) is 54.7 Å². The second-order valence-corrected chi connectivity index (χ2v) is 7.94. The average Bonchev–Trinajstić information content (AvgIpc) is 3.07. The highest BCUT2D eigenvalue weighted by molar-refractivity contribution is 14.0. The summed E-state index contributed by atoms with van der Waals surface area (Å²) in [6, 6.07) is 6.32. The lowest BCUT2D eigenvalue weighted by atomic mass is 9.99. The molecule has 2 aromatic heterocycles. The van der Waals surface area contributed by atoms with Gasteiger partial charge in [-0.25, -0.2) is 4.98 Å². The Hall–Kier alpha value is -1.84. The van der Waals surface area contributed by atoms with Gasteiger partial charge in [-0.2, -0.15) is 0 Å². The van der Waals surface area contributed by atoms with Crippen molar-refractivity contribution in [3.8, 4) is 0 Å². The number of anilines is 1. The molecule has 0 radical (unpaired) electrons. The van der Waals surface area contributed by atoms with Crippen LogP contribution in [0.2, 0.25) is 0 Å². The van der Waals surface area contributed by atoms with Crippen molar-refractivity contribution in [2.75, 3.05) is 25.0 Å². The number of pyridine rings is 1. The summed E-state index contributed by atoms with van der Waals surface area (Å²) in [5.74, 6) is 3.10. The van der Waals surface area contributed by atoms with E-state index in [1.54, 1.807) is 7.05 Å². The fourth-order valence-electron chi connectivity index (χ4n) is 3.90. The summed E-state index contributed by atoms with van der Waals surface area (Å²) in [7, 11) is 1.77. The minimum atomic E-state index is 0. The highest BCUT2D eigenvalue weighted by Gasteiger charge is 2.13. The van der Waals surface area contributed by atoms with Crippen molar-refractivity contribution in [3.05, 3.63) is 41.4 Å². The molecular weight excluding hydrogens is 503 g/mol. The molecular formula is C23H37IN6O. The smallest absolute Gasteiger partial charge is 0.191 e. The van der Waals surface area contributed by atoms with E-state index < -0.39 is 0 Å². The molecule has 1 aliphatic rings. The monoisotopic (exact) mass is 540 g/mol. The molecule has 3 heterocycles. The first-order valence-corrected chi connectivity index (χ1v) is 11.3. The Morgan fingerprint density at radius 2 is 1.81 bits per heavy atom. The number of nitrogens with zero attached hydrogens (tertiary/aromatic N) is 4. The molecule has 0 amide bonds. The minimum Gasteiger partial charge on any atom is -0.359 e. The van der Waals surface area contributed by atoms with Crippen LogP contribution in [0.1, 0.15) is 75.3 Å². The van der Waals surface area contributed by atoms with Gasteiger partial charge in [0, 0.05) is 44.9 Å². The lowest BCUT2D eigenvalue weighted by Crippen LogP contribution is -2.36. The lowest BCUT2D eigenvalue weighted by Gasteiger charge is -2.21. The number of hydrogen-bond acceptors (Lipinski definition) is 5. The second-order valence-electron chi connectivity index (χ2n) is 7.94. The van der Waals surface area contributed by atoms with Crippen molar-refractivity contribution < 1.29 is 4.52 Å². The van der Waals surface area contributed by atoms with Gasteiger partial charge in [0.25, 0.3) is 0 Å². The third kappa shape index (κ3) is 7.66. The van der Waals surface area contributed by atoms with Crippen LogP contribution in [0.3, 0.4) is 0 Å². The molecule has 2 aromatic rings. The zero-order valence-corrected chi connectivity index (χ0v) is 21.4. The van der Waals surface area contributed by atoms with Gasteiger partial charge >= 0.3 is 0 Å². The molecule has 31 heavy (non-hydrogen) atoms. The number of nitrogens with one attached hydrogen (secondary N) is 2. The molecule has 172 valence electrons. The predicted molar refractivity (Wildman–Crippen MR) is 137 cm³/mol. The molecule has 1 fully saturated rings. The maximum absolute atomic E-state index is 5.48. The van der Waals surface area contributed by atoms with Crippen molar-refractivity contribution in [1.82, 2.24) is 20.8 Å². The summed E-state index contributed by atoms with van der Waals surface area (Å²) < 4.78 is 5.48.